The molecule has 1 N–H and O–H groups in total. The van der Waals surface area contributed by atoms with E-state index in [9.17, 15) is 0 Å². The Bertz CT molecular complexity index is 466. The maximum Gasteiger partial charge on any atom is 0.318 e. The number of ether oxygens (including phenoxy) is 1. The fraction of sp³-hybridized carbons (Fsp3) is 0.545. The number of aromatic nitrogens is 4. The normalized spacial score (nSPS) is 10.9. The van der Waals surface area contributed by atoms with E-state index in [2.05, 4.69) is 26.9 Å². The topological polar surface area (TPSA) is 63.7 Å². The van der Waals surface area contributed by atoms with Gasteiger partial charge in [0.15, 0.2) is 5.65 Å². The van der Waals surface area contributed by atoms with Crippen molar-refractivity contribution in [2.75, 3.05) is 6.61 Å². The Balaban J connectivity index is 2.23. The minimum Gasteiger partial charge on any atom is -0.464 e. The Kier molecular flexibility index (Phi) is 3.34. The molecule has 2 aromatic heterocycles. The van der Waals surface area contributed by atoms with Gasteiger partial charge in [0.05, 0.1) is 12.8 Å². The van der Waals surface area contributed by atoms with Gasteiger partial charge in [-0.25, -0.2) is 9.97 Å². The summed E-state index contributed by atoms with van der Waals surface area (Å²) in [5.41, 5.74) is 1.55. The molecule has 16 heavy (non-hydrogen) atoms. The first-order valence-electron chi connectivity index (χ1n) is 5.68. The van der Waals surface area contributed by atoms with Crippen molar-refractivity contribution in [3.05, 3.63) is 12.0 Å². The van der Waals surface area contributed by atoms with E-state index in [-0.39, 0.29) is 0 Å². The van der Waals surface area contributed by atoms with Crippen molar-refractivity contribution in [1.29, 1.82) is 0 Å². The van der Waals surface area contributed by atoms with Gasteiger partial charge < -0.3 is 9.72 Å². The van der Waals surface area contributed by atoms with Crippen LogP contribution in [0.1, 0.15) is 32.5 Å². The molecule has 0 saturated heterocycles. The predicted molar refractivity (Wildman–Crippen MR) is 61.5 cm³/mol. The van der Waals surface area contributed by atoms with Gasteiger partial charge in [0.25, 0.3) is 0 Å². The van der Waals surface area contributed by atoms with Crippen LogP contribution in [0.15, 0.2) is 6.20 Å². The van der Waals surface area contributed by atoms with Crippen molar-refractivity contribution in [2.45, 2.75) is 33.1 Å². The highest BCUT2D eigenvalue weighted by atomic mass is 16.5. The van der Waals surface area contributed by atoms with Crippen LogP contribution in [0.3, 0.4) is 0 Å². The van der Waals surface area contributed by atoms with Crippen molar-refractivity contribution < 1.29 is 4.74 Å². The van der Waals surface area contributed by atoms with Gasteiger partial charge in [-0.1, -0.05) is 13.3 Å². The van der Waals surface area contributed by atoms with E-state index in [1.807, 2.05) is 6.92 Å². The highest BCUT2D eigenvalue weighted by Crippen LogP contribution is 2.12. The molecule has 5 nitrogen and oxygen atoms in total. The van der Waals surface area contributed by atoms with Crippen LogP contribution >= 0.6 is 0 Å². The number of imidazole rings is 1. The molecule has 0 aliphatic rings. The first-order valence-corrected chi connectivity index (χ1v) is 5.68. The first-order chi connectivity index (χ1) is 7.83. The van der Waals surface area contributed by atoms with Crippen molar-refractivity contribution in [2.24, 2.45) is 0 Å². The molecule has 2 heterocycles. The smallest absolute Gasteiger partial charge is 0.318 e. The van der Waals surface area contributed by atoms with Crippen molar-refractivity contribution >= 4 is 11.2 Å². The largest absolute Gasteiger partial charge is 0.464 e. The van der Waals surface area contributed by atoms with E-state index < -0.39 is 0 Å². The summed E-state index contributed by atoms with van der Waals surface area (Å²) < 4.78 is 5.23. The van der Waals surface area contributed by atoms with Crippen LogP contribution < -0.4 is 4.74 Å². The Hall–Kier alpha value is -1.65. The zero-order chi connectivity index (χ0) is 11.4. The van der Waals surface area contributed by atoms with Crippen LogP contribution in [0, 0.1) is 0 Å². The van der Waals surface area contributed by atoms with E-state index in [0.29, 0.717) is 12.6 Å². The number of H-pyrrole nitrogens is 1. The molecule has 0 aromatic carbocycles. The molecule has 0 aliphatic carbocycles. The second-order valence-electron chi connectivity index (χ2n) is 3.61. The molecule has 0 unspecified atom stereocenters. The molecule has 0 saturated carbocycles. The molecule has 2 rings (SSSR count). The van der Waals surface area contributed by atoms with Gasteiger partial charge >= 0.3 is 6.01 Å². The zero-order valence-corrected chi connectivity index (χ0v) is 9.66. The lowest BCUT2D eigenvalue weighted by atomic mass is 10.2. The minimum atomic E-state index is 0.403. The zero-order valence-electron chi connectivity index (χ0n) is 9.66. The van der Waals surface area contributed by atoms with Crippen molar-refractivity contribution in [3.8, 4) is 6.01 Å². The standard InChI is InChI=1S/C11H16N4O/c1-3-5-6-9-13-8-7-12-11(16-4-2)15-10(8)14-9/h7H,3-6H2,1-2H3,(H,12,13,14,15). The van der Waals surface area contributed by atoms with E-state index in [1.54, 1.807) is 6.20 Å². The molecular weight excluding hydrogens is 204 g/mol. The van der Waals surface area contributed by atoms with Gasteiger partial charge in [0.2, 0.25) is 0 Å². The highest BCUT2D eigenvalue weighted by Gasteiger charge is 2.05. The lowest BCUT2D eigenvalue weighted by molar-refractivity contribution is 0.314. The minimum absolute atomic E-state index is 0.403. The summed E-state index contributed by atoms with van der Waals surface area (Å²) in [7, 11) is 0. The van der Waals surface area contributed by atoms with Crippen LogP contribution in [-0.2, 0) is 6.42 Å². The Morgan fingerprint density at radius 1 is 1.31 bits per heavy atom. The number of aromatic amines is 1. The number of hydrogen-bond acceptors (Lipinski definition) is 4. The van der Waals surface area contributed by atoms with E-state index in [1.165, 1.54) is 0 Å². The monoisotopic (exact) mass is 220 g/mol. The number of fused-ring (bicyclic) bond motifs is 1. The fourth-order valence-electron chi connectivity index (χ4n) is 1.50. The summed E-state index contributed by atoms with van der Waals surface area (Å²) >= 11 is 0. The quantitative estimate of drug-likeness (QED) is 0.838. The van der Waals surface area contributed by atoms with Gasteiger partial charge in [-0.15, -0.1) is 0 Å². The van der Waals surface area contributed by atoms with Gasteiger partial charge in [0.1, 0.15) is 11.3 Å². The first kappa shape index (κ1) is 10.9. The van der Waals surface area contributed by atoms with Crippen molar-refractivity contribution in [1.82, 2.24) is 19.9 Å². The SMILES string of the molecule is CCCCc1nc2cnc(OCC)nc2[nH]1. The Morgan fingerprint density at radius 2 is 2.19 bits per heavy atom. The molecular formula is C11H16N4O. The van der Waals surface area contributed by atoms with Crippen LogP contribution in [0.5, 0.6) is 6.01 Å². The molecule has 0 amide bonds. The number of unbranched alkanes of at least 4 members (excludes halogenated alkanes) is 1. The van der Waals surface area contributed by atoms with Crippen molar-refractivity contribution in [3.63, 3.8) is 0 Å². The van der Waals surface area contributed by atoms with Gasteiger partial charge in [-0.3, -0.25) is 0 Å². The number of aryl methyl sites for hydroxylation is 1. The summed E-state index contributed by atoms with van der Waals surface area (Å²) in [4.78, 5) is 15.9. The lowest BCUT2D eigenvalue weighted by Crippen LogP contribution is -1.96. The summed E-state index contributed by atoms with van der Waals surface area (Å²) in [6.45, 7) is 4.64. The third-order valence-electron chi connectivity index (χ3n) is 2.31. The molecule has 5 heteroatoms. The van der Waals surface area contributed by atoms with Crippen LogP contribution in [0.4, 0.5) is 0 Å². The molecule has 0 atom stereocenters. The third-order valence-corrected chi connectivity index (χ3v) is 2.31. The number of hydrogen-bond donors (Lipinski definition) is 1. The van der Waals surface area contributed by atoms with Gasteiger partial charge in [-0.2, -0.15) is 4.98 Å². The average molecular weight is 220 g/mol. The maximum atomic E-state index is 5.23. The third kappa shape index (κ3) is 2.29. The molecule has 2 aromatic rings. The number of nitrogens with zero attached hydrogens (tertiary/aromatic N) is 3. The summed E-state index contributed by atoms with van der Waals surface area (Å²) in [5.74, 6) is 0.972. The second-order valence-corrected chi connectivity index (χ2v) is 3.61. The van der Waals surface area contributed by atoms with Gasteiger partial charge in [0, 0.05) is 6.42 Å². The molecule has 0 fully saturated rings. The molecule has 0 radical (unpaired) electrons. The summed E-state index contributed by atoms with van der Waals surface area (Å²) in [5, 5.41) is 0. The predicted octanol–water partition coefficient (Wildman–Crippen LogP) is 2.09. The van der Waals surface area contributed by atoms with E-state index in [0.717, 1.165) is 36.3 Å². The Morgan fingerprint density at radius 3 is 2.94 bits per heavy atom. The molecule has 0 bridgehead atoms. The van der Waals surface area contributed by atoms with Crippen LogP contribution in [-0.4, -0.2) is 26.5 Å². The maximum absolute atomic E-state index is 5.23. The van der Waals surface area contributed by atoms with E-state index >= 15 is 0 Å². The molecule has 0 spiro atoms. The highest BCUT2D eigenvalue weighted by molar-refractivity contribution is 5.69. The number of nitrogens with one attached hydrogen (secondary N) is 1. The summed E-state index contributed by atoms with van der Waals surface area (Å²) in [6, 6.07) is 0.403. The molecule has 0 aliphatic heterocycles. The average Bonchev–Trinajstić information content (AvgIpc) is 2.68. The second kappa shape index (κ2) is 4.92. The Labute approximate surface area is 94.3 Å². The van der Waals surface area contributed by atoms with E-state index in [4.69, 9.17) is 4.74 Å². The molecule has 86 valence electrons. The van der Waals surface area contributed by atoms with Crippen LogP contribution in [0.25, 0.3) is 11.2 Å². The lowest BCUT2D eigenvalue weighted by Gasteiger charge is -1.97. The van der Waals surface area contributed by atoms with Gasteiger partial charge in [-0.05, 0) is 13.3 Å². The fourth-order valence-corrected chi connectivity index (χ4v) is 1.50. The number of rotatable bonds is 5. The summed E-state index contributed by atoms with van der Waals surface area (Å²) in [6.07, 6.45) is 4.94. The van der Waals surface area contributed by atoms with Crippen LogP contribution in [0.2, 0.25) is 0 Å².